The van der Waals surface area contributed by atoms with Gasteiger partial charge in [-0.05, 0) is 57.0 Å². The zero-order valence-corrected chi connectivity index (χ0v) is 16.8. The minimum atomic E-state index is -0.101. The lowest BCUT2D eigenvalue weighted by atomic mass is 9.96. The number of hydrogen-bond acceptors (Lipinski definition) is 2. The third-order valence-corrected chi connectivity index (χ3v) is 5.24. The molecule has 1 saturated heterocycles. The van der Waals surface area contributed by atoms with Gasteiger partial charge in [0.2, 0.25) is 0 Å². The highest BCUT2D eigenvalue weighted by Crippen LogP contribution is 2.20. The number of rotatable bonds is 8. The molecule has 0 bridgehead atoms. The van der Waals surface area contributed by atoms with Gasteiger partial charge >= 0.3 is 0 Å². The second kappa shape index (κ2) is 10.9. The van der Waals surface area contributed by atoms with Crippen LogP contribution in [0, 0.1) is 11.7 Å². The van der Waals surface area contributed by atoms with Gasteiger partial charge in [0.15, 0.2) is 5.96 Å². The number of hydrogen-bond donors (Lipinski definition) is 2. The van der Waals surface area contributed by atoms with E-state index in [1.54, 1.807) is 12.1 Å². The van der Waals surface area contributed by atoms with Crippen molar-refractivity contribution in [1.29, 1.82) is 0 Å². The standard InChI is InChI=1S/C22H32FN5/c1-2-24-22(25-11-16-27-12-5-6-13-27)26-17-19-9-14-28(15-10-19)18-20-7-3-4-8-21(20)23/h3-8,12-13,19H,2,9-11,14-18H2,1H3,(H2,24,25,26). The molecular weight excluding hydrogens is 353 g/mol. The largest absolute Gasteiger partial charge is 0.357 e. The van der Waals surface area contributed by atoms with Gasteiger partial charge in [0.25, 0.3) is 0 Å². The van der Waals surface area contributed by atoms with Gasteiger partial charge in [-0.2, -0.15) is 0 Å². The summed E-state index contributed by atoms with van der Waals surface area (Å²) in [5, 5.41) is 6.74. The van der Waals surface area contributed by atoms with Crippen molar-refractivity contribution >= 4 is 5.96 Å². The number of aliphatic imine (C=N–C) groups is 1. The topological polar surface area (TPSA) is 44.6 Å². The average Bonchev–Trinajstić information content (AvgIpc) is 3.22. The maximum Gasteiger partial charge on any atom is 0.191 e. The number of halogens is 1. The summed E-state index contributed by atoms with van der Waals surface area (Å²) in [6.07, 6.45) is 6.36. The lowest BCUT2D eigenvalue weighted by Gasteiger charge is -2.31. The first-order valence-corrected chi connectivity index (χ1v) is 10.3. The lowest BCUT2D eigenvalue weighted by Crippen LogP contribution is -2.40. The van der Waals surface area contributed by atoms with Crippen LogP contribution in [0.4, 0.5) is 4.39 Å². The molecule has 0 saturated carbocycles. The fourth-order valence-corrected chi connectivity index (χ4v) is 3.58. The SMILES string of the molecule is CCNC(=NCC1CCN(Cc2ccccc2F)CC1)NCCn1cccc1. The van der Waals surface area contributed by atoms with Crippen LogP contribution in [-0.4, -0.2) is 48.2 Å². The average molecular weight is 386 g/mol. The number of likely N-dealkylation sites (tertiary alicyclic amines) is 1. The third kappa shape index (κ3) is 6.37. The molecule has 6 heteroatoms. The van der Waals surface area contributed by atoms with Gasteiger partial charge in [-0.15, -0.1) is 0 Å². The minimum Gasteiger partial charge on any atom is -0.357 e. The van der Waals surface area contributed by atoms with E-state index in [0.717, 1.165) is 63.6 Å². The molecule has 1 aliphatic heterocycles. The maximum absolute atomic E-state index is 13.8. The van der Waals surface area contributed by atoms with E-state index < -0.39 is 0 Å². The predicted octanol–water partition coefficient (Wildman–Crippen LogP) is 3.09. The van der Waals surface area contributed by atoms with Gasteiger partial charge in [0.1, 0.15) is 5.82 Å². The van der Waals surface area contributed by atoms with Crippen LogP contribution >= 0.6 is 0 Å². The van der Waals surface area contributed by atoms with E-state index in [2.05, 4.69) is 39.4 Å². The molecule has 28 heavy (non-hydrogen) atoms. The third-order valence-electron chi connectivity index (χ3n) is 5.24. The van der Waals surface area contributed by atoms with E-state index in [0.29, 0.717) is 12.5 Å². The van der Waals surface area contributed by atoms with E-state index >= 15 is 0 Å². The number of piperidine rings is 1. The van der Waals surface area contributed by atoms with Crippen LogP contribution in [-0.2, 0) is 13.1 Å². The summed E-state index contributed by atoms with van der Waals surface area (Å²) < 4.78 is 16.0. The van der Waals surface area contributed by atoms with Gasteiger partial charge in [-0.1, -0.05) is 18.2 Å². The first-order valence-electron chi connectivity index (χ1n) is 10.3. The fourth-order valence-electron chi connectivity index (χ4n) is 3.58. The Morgan fingerprint density at radius 3 is 2.57 bits per heavy atom. The molecule has 1 aromatic carbocycles. The lowest BCUT2D eigenvalue weighted by molar-refractivity contribution is 0.179. The van der Waals surface area contributed by atoms with Crippen molar-refractivity contribution in [3.8, 4) is 0 Å². The van der Waals surface area contributed by atoms with Crippen LogP contribution in [0.25, 0.3) is 0 Å². The molecule has 0 spiro atoms. The van der Waals surface area contributed by atoms with Crippen molar-refractivity contribution in [1.82, 2.24) is 20.1 Å². The summed E-state index contributed by atoms with van der Waals surface area (Å²) in [6.45, 7) is 8.27. The molecule has 2 aromatic rings. The zero-order valence-electron chi connectivity index (χ0n) is 16.8. The molecule has 1 aromatic heterocycles. The van der Waals surface area contributed by atoms with Crippen molar-refractivity contribution in [3.63, 3.8) is 0 Å². The molecule has 0 unspecified atom stereocenters. The molecule has 5 nitrogen and oxygen atoms in total. The normalized spacial score (nSPS) is 16.3. The molecule has 1 aliphatic rings. The Morgan fingerprint density at radius 2 is 1.86 bits per heavy atom. The van der Waals surface area contributed by atoms with Gasteiger partial charge in [0.05, 0.1) is 0 Å². The summed E-state index contributed by atoms with van der Waals surface area (Å²) in [5.74, 6) is 1.38. The molecule has 2 N–H and O–H groups in total. The number of aromatic nitrogens is 1. The van der Waals surface area contributed by atoms with E-state index in [1.165, 1.54) is 0 Å². The van der Waals surface area contributed by atoms with Crippen LogP contribution in [0.1, 0.15) is 25.3 Å². The van der Waals surface area contributed by atoms with Crippen LogP contribution < -0.4 is 10.6 Å². The Morgan fingerprint density at radius 1 is 1.11 bits per heavy atom. The first-order chi connectivity index (χ1) is 13.7. The second-order valence-corrected chi connectivity index (χ2v) is 7.38. The molecular formula is C22H32FN5. The molecule has 0 aliphatic carbocycles. The van der Waals surface area contributed by atoms with Crippen molar-refractivity contribution in [2.24, 2.45) is 10.9 Å². The Hall–Kier alpha value is -2.34. The number of benzene rings is 1. The van der Waals surface area contributed by atoms with Crippen molar-refractivity contribution in [2.45, 2.75) is 32.9 Å². The maximum atomic E-state index is 13.8. The highest BCUT2D eigenvalue weighted by Gasteiger charge is 2.20. The number of nitrogens with zero attached hydrogens (tertiary/aromatic N) is 3. The smallest absolute Gasteiger partial charge is 0.191 e. The fraction of sp³-hybridized carbons (Fsp3) is 0.500. The monoisotopic (exact) mass is 385 g/mol. The summed E-state index contributed by atoms with van der Waals surface area (Å²) in [5.41, 5.74) is 0.792. The van der Waals surface area contributed by atoms with E-state index in [4.69, 9.17) is 4.99 Å². The molecule has 0 atom stereocenters. The molecule has 1 fully saturated rings. The van der Waals surface area contributed by atoms with Gasteiger partial charge in [-0.25, -0.2) is 4.39 Å². The Balaban J connectivity index is 1.41. The summed E-state index contributed by atoms with van der Waals surface area (Å²) in [4.78, 5) is 7.13. The second-order valence-electron chi connectivity index (χ2n) is 7.38. The van der Waals surface area contributed by atoms with Crippen molar-refractivity contribution in [3.05, 3.63) is 60.2 Å². The van der Waals surface area contributed by atoms with E-state index in [1.807, 2.05) is 24.3 Å². The van der Waals surface area contributed by atoms with Crippen LogP contribution in [0.3, 0.4) is 0 Å². The van der Waals surface area contributed by atoms with Crippen LogP contribution in [0.15, 0.2) is 53.8 Å². The number of nitrogens with one attached hydrogen (secondary N) is 2. The Labute approximate surface area is 167 Å². The van der Waals surface area contributed by atoms with Gasteiger partial charge in [0, 0.05) is 50.7 Å². The molecule has 152 valence electrons. The highest BCUT2D eigenvalue weighted by molar-refractivity contribution is 5.79. The highest BCUT2D eigenvalue weighted by atomic mass is 19.1. The molecule has 0 radical (unpaired) electrons. The van der Waals surface area contributed by atoms with Crippen LogP contribution in [0.5, 0.6) is 0 Å². The van der Waals surface area contributed by atoms with E-state index in [9.17, 15) is 4.39 Å². The quantitative estimate of drug-likeness (QED) is 0.542. The van der Waals surface area contributed by atoms with Crippen molar-refractivity contribution < 1.29 is 4.39 Å². The zero-order chi connectivity index (χ0) is 19.6. The van der Waals surface area contributed by atoms with Crippen molar-refractivity contribution in [2.75, 3.05) is 32.7 Å². The first kappa shape index (κ1) is 20.4. The number of guanidine groups is 1. The molecule has 0 amide bonds. The van der Waals surface area contributed by atoms with Crippen LogP contribution in [0.2, 0.25) is 0 Å². The minimum absolute atomic E-state index is 0.101. The van der Waals surface area contributed by atoms with Gasteiger partial charge in [-0.3, -0.25) is 9.89 Å². The summed E-state index contributed by atoms with van der Waals surface area (Å²) in [6, 6.07) is 11.2. The summed E-state index contributed by atoms with van der Waals surface area (Å²) >= 11 is 0. The van der Waals surface area contributed by atoms with Gasteiger partial charge < -0.3 is 15.2 Å². The molecule has 2 heterocycles. The predicted molar refractivity (Wildman–Crippen MR) is 113 cm³/mol. The molecule has 3 rings (SSSR count). The Bertz CT molecular complexity index is 720. The summed E-state index contributed by atoms with van der Waals surface area (Å²) in [7, 11) is 0. The van der Waals surface area contributed by atoms with E-state index in [-0.39, 0.29) is 5.82 Å². The Kier molecular flexibility index (Phi) is 7.91.